The summed E-state index contributed by atoms with van der Waals surface area (Å²) in [7, 11) is 3.43. The van der Waals surface area contributed by atoms with Crippen molar-refractivity contribution in [2.75, 3.05) is 27.2 Å². The van der Waals surface area contributed by atoms with Crippen LogP contribution >= 0.6 is 0 Å². The van der Waals surface area contributed by atoms with E-state index in [1.165, 1.54) is 6.42 Å². The number of benzene rings is 1. The molecule has 140 valence electrons. The van der Waals surface area contributed by atoms with Crippen molar-refractivity contribution in [1.82, 2.24) is 16.0 Å². The monoisotopic (exact) mass is 346 g/mol. The Labute approximate surface area is 152 Å². The van der Waals surface area contributed by atoms with Crippen LogP contribution in [0, 0.1) is 11.3 Å². The number of guanidine groups is 1. The van der Waals surface area contributed by atoms with E-state index in [0.29, 0.717) is 11.5 Å². The van der Waals surface area contributed by atoms with Gasteiger partial charge in [-0.15, -0.1) is 0 Å². The lowest BCUT2D eigenvalue weighted by Crippen LogP contribution is -2.43. The Morgan fingerprint density at radius 3 is 2.56 bits per heavy atom. The maximum absolute atomic E-state index is 11.7. The molecule has 0 aliphatic heterocycles. The molecule has 1 rings (SSSR count). The highest BCUT2D eigenvalue weighted by molar-refractivity contribution is 5.94. The molecule has 0 aliphatic rings. The maximum atomic E-state index is 11.7. The minimum Gasteiger partial charge on any atom is -0.356 e. The van der Waals surface area contributed by atoms with Crippen LogP contribution in [0.1, 0.15) is 50.0 Å². The van der Waals surface area contributed by atoms with E-state index in [9.17, 15) is 4.79 Å². The normalized spacial score (nSPS) is 12.2. The Bertz CT molecular complexity index is 579. The molecule has 0 unspecified atom stereocenters. The molecule has 3 N–H and O–H groups in total. The molecule has 0 heterocycles. The molecule has 0 bridgehead atoms. The van der Waals surface area contributed by atoms with Crippen LogP contribution in [0.15, 0.2) is 29.3 Å². The summed E-state index contributed by atoms with van der Waals surface area (Å²) in [4.78, 5) is 16.0. The van der Waals surface area contributed by atoms with E-state index in [4.69, 9.17) is 0 Å². The van der Waals surface area contributed by atoms with Crippen molar-refractivity contribution < 1.29 is 4.79 Å². The summed E-state index contributed by atoms with van der Waals surface area (Å²) in [6.45, 7) is 10.7. The second kappa shape index (κ2) is 10.1. The van der Waals surface area contributed by atoms with Gasteiger partial charge < -0.3 is 16.0 Å². The molecular weight excluding hydrogens is 312 g/mol. The summed E-state index contributed by atoms with van der Waals surface area (Å²) in [6.07, 6.45) is 2.00. The first-order valence-electron chi connectivity index (χ1n) is 9.03. The zero-order chi connectivity index (χ0) is 18.9. The van der Waals surface area contributed by atoms with Crippen molar-refractivity contribution in [1.29, 1.82) is 0 Å². The molecule has 0 radical (unpaired) electrons. The predicted octanol–water partition coefficient (Wildman–Crippen LogP) is 2.83. The van der Waals surface area contributed by atoms with Crippen molar-refractivity contribution in [3.63, 3.8) is 0 Å². The van der Waals surface area contributed by atoms with Gasteiger partial charge in [-0.2, -0.15) is 0 Å². The van der Waals surface area contributed by atoms with Gasteiger partial charge in [0.15, 0.2) is 5.96 Å². The first-order valence-corrected chi connectivity index (χ1v) is 9.03. The Hall–Kier alpha value is -2.04. The van der Waals surface area contributed by atoms with E-state index in [2.05, 4.69) is 48.6 Å². The molecule has 0 saturated carbocycles. The highest BCUT2D eigenvalue weighted by Crippen LogP contribution is 2.23. The van der Waals surface area contributed by atoms with Crippen molar-refractivity contribution in [3.05, 3.63) is 35.4 Å². The van der Waals surface area contributed by atoms with E-state index in [0.717, 1.165) is 31.0 Å². The number of carbonyl (C=O) groups is 1. The van der Waals surface area contributed by atoms with Crippen LogP contribution in [0.4, 0.5) is 0 Å². The van der Waals surface area contributed by atoms with E-state index in [1.807, 2.05) is 24.3 Å². The summed E-state index contributed by atoms with van der Waals surface area (Å²) in [6, 6.07) is 7.72. The van der Waals surface area contributed by atoms with Gasteiger partial charge in [-0.3, -0.25) is 9.79 Å². The van der Waals surface area contributed by atoms with Gasteiger partial charge in [-0.05, 0) is 41.9 Å². The molecule has 5 nitrogen and oxygen atoms in total. The molecule has 0 spiro atoms. The molecule has 0 aromatic heterocycles. The lowest BCUT2D eigenvalue weighted by Gasteiger charge is -2.28. The number of hydrogen-bond acceptors (Lipinski definition) is 2. The number of amides is 1. The van der Waals surface area contributed by atoms with E-state index in [-0.39, 0.29) is 11.3 Å². The fourth-order valence-corrected chi connectivity index (χ4v) is 3.06. The Balaban J connectivity index is 2.47. The van der Waals surface area contributed by atoms with Gasteiger partial charge in [-0.25, -0.2) is 0 Å². The third kappa shape index (κ3) is 8.05. The van der Waals surface area contributed by atoms with Crippen molar-refractivity contribution in [3.8, 4) is 0 Å². The summed E-state index contributed by atoms with van der Waals surface area (Å²) in [5.74, 6) is 1.44. The number of rotatable bonds is 8. The van der Waals surface area contributed by atoms with Gasteiger partial charge in [0.05, 0.1) is 0 Å². The highest BCUT2D eigenvalue weighted by Gasteiger charge is 2.19. The summed E-state index contributed by atoms with van der Waals surface area (Å²) >= 11 is 0. The quantitative estimate of drug-likeness (QED) is 0.501. The molecule has 25 heavy (non-hydrogen) atoms. The van der Waals surface area contributed by atoms with E-state index in [1.54, 1.807) is 14.1 Å². The molecule has 0 saturated heterocycles. The van der Waals surface area contributed by atoms with Gasteiger partial charge in [0, 0.05) is 32.7 Å². The third-order valence-electron chi connectivity index (χ3n) is 4.04. The fraction of sp³-hybridized carbons (Fsp3) is 0.600. The van der Waals surface area contributed by atoms with Crippen LogP contribution in [-0.2, 0) is 6.42 Å². The average Bonchev–Trinajstić information content (AvgIpc) is 2.56. The average molecular weight is 347 g/mol. The fourth-order valence-electron chi connectivity index (χ4n) is 3.06. The van der Waals surface area contributed by atoms with Gasteiger partial charge in [-0.1, -0.05) is 39.8 Å². The van der Waals surface area contributed by atoms with Crippen LogP contribution < -0.4 is 16.0 Å². The van der Waals surface area contributed by atoms with Crippen LogP contribution in [0.2, 0.25) is 0 Å². The highest BCUT2D eigenvalue weighted by atomic mass is 16.1. The standard InChI is InChI=1S/C20H34N4O/c1-15(2)13-20(3,4)14-24-19(22-6)23-11-10-16-8-7-9-17(12-16)18(25)21-5/h7-9,12,15H,10-11,13-14H2,1-6H3,(H,21,25)(H2,22,23,24). The zero-order valence-corrected chi connectivity index (χ0v) is 16.6. The van der Waals surface area contributed by atoms with Crippen LogP contribution in [-0.4, -0.2) is 39.1 Å². The second-order valence-electron chi connectivity index (χ2n) is 7.64. The minimum absolute atomic E-state index is 0.0559. The number of carbonyl (C=O) groups excluding carboxylic acids is 1. The van der Waals surface area contributed by atoms with Crippen molar-refractivity contribution in [2.45, 2.75) is 40.5 Å². The number of aliphatic imine (C=N–C) groups is 1. The van der Waals surface area contributed by atoms with Gasteiger partial charge >= 0.3 is 0 Å². The molecule has 0 fully saturated rings. The van der Waals surface area contributed by atoms with Crippen LogP contribution in [0.25, 0.3) is 0 Å². The Kier molecular flexibility index (Phi) is 8.46. The molecule has 0 aliphatic carbocycles. The first-order chi connectivity index (χ1) is 11.8. The van der Waals surface area contributed by atoms with Crippen molar-refractivity contribution >= 4 is 11.9 Å². The largest absolute Gasteiger partial charge is 0.356 e. The molecular formula is C20H34N4O. The topological polar surface area (TPSA) is 65.5 Å². The third-order valence-corrected chi connectivity index (χ3v) is 4.04. The summed E-state index contributed by atoms with van der Waals surface area (Å²) in [5.41, 5.74) is 2.05. The molecule has 0 atom stereocenters. The minimum atomic E-state index is -0.0559. The number of nitrogens with zero attached hydrogens (tertiary/aromatic N) is 1. The molecule has 1 aromatic carbocycles. The maximum Gasteiger partial charge on any atom is 0.251 e. The Morgan fingerprint density at radius 1 is 1.24 bits per heavy atom. The predicted molar refractivity (Wildman–Crippen MR) is 106 cm³/mol. The van der Waals surface area contributed by atoms with Crippen LogP contribution in [0.3, 0.4) is 0 Å². The van der Waals surface area contributed by atoms with Crippen molar-refractivity contribution in [2.24, 2.45) is 16.3 Å². The molecule has 1 aromatic rings. The number of hydrogen-bond donors (Lipinski definition) is 3. The van der Waals surface area contributed by atoms with Gasteiger partial charge in [0.2, 0.25) is 0 Å². The van der Waals surface area contributed by atoms with Crippen LogP contribution in [0.5, 0.6) is 0 Å². The smallest absolute Gasteiger partial charge is 0.251 e. The second-order valence-corrected chi connectivity index (χ2v) is 7.64. The van der Waals surface area contributed by atoms with E-state index < -0.39 is 0 Å². The summed E-state index contributed by atoms with van der Waals surface area (Å²) in [5, 5.41) is 9.41. The SMILES string of the molecule is CN=C(NCCc1cccc(C(=O)NC)c1)NCC(C)(C)CC(C)C. The van der Waals surface area contributed by atoms with E-state index >= 15 is 0 Å². The number of nitrogens with one attached hydrogen (secondary N) is 3. The molecule has 1 amide bonds. The van der Waals surface area contributed by atoms with Gasteiger partial charge in [0.25, 0.3) is 5.91 Å². The lowest BCUT2D eigenvalue weighted by molar-refractivity contribution is 0.0963. The lowest BCUT2D eigenvalue weighted by atomic mass is 9.84. The zero-order valence-electron chi connectivity index (χ0n) is 16.6. The summed E-state index contributed by atoms with van der Waals surface area (Å²) < 4.78 is 0. The Morgan fingerprint density at radius 2 is 1.96 bits per heavy atom. The first kappa shape index (κ1) is 21.0. The molecule has 5 heteroatoms. The van der Waals surface area contributed by atoms with Gasteiger partial charge in [0.1, 0.15) is 0 Å².